The van der Waals surface area contributed by atoms with E-state index in [4.69, 9.17) is 0 Å². The predicted molar refractivity (Wildman–Crippen MR) is 147 cm³/mol. The summed E-state index contributed by atoms with van der Waals surface area (Å²) in [7, 11) is 0.217. The predicted octanol–water partition coefficient (Wildman–Crippen LogP) is 10.9. The molecule has 0 N–H and O–H groups in total. The first-order chi connectivity index (χ1) is 14.9. The van der Waals surface area contributed by atoms with E-state index in [0.29, 0.717) is 20.6 Å². The summed E-state index contributed by atoms with van der Waals surface area (Å²) in [6.07, 6.45) is 5.72. The monoisotopic (exact) mass is 530 g/mol. The molecule has 0 aromatic heterocycles. The Morgan fingerprint density at radius 2 is 0.697 bits per heavy atom. The zero-order valence-electron chi connectivity index (χ0n) is 23.7. The molecular formula is C30H52FeP2. The van der Waals surface area contributed by atoms with E-state index < -0.39 is 6.51 Å². The van der Waals surface area contributed by atoms with E-state index in [9.17, 15) is 0 Å². The van der Waals surface area contributed by atoms with Gasteiger partial charge in [0.15, 0.2) is 0 Å². The molecule has 190 valence electrons. The summed E-state index contributed by atoms with van der Waals surface area (Å²) in [4.78, 5) is 11.4. The second-order valence-electron chi connectivity index (χ2n) is 19.0. The van der Waals surface area contributed by atoms with Crippen molar-refractivity contribution in [3.05, 3.63) is 0 Å². The van der Waals surface area contributed by atoms with Gasteiger partial charge in [-0.2, -0.15) is 0 Å². The number of hydrogen-bond donors (Lipinski definition) is 0. The Labute approximate surface area is 197 Å². The first kappa shape index (κ1) is 20.4. The molecule has 10 aliphatic heterocycles. The van der Waals surface area contributed by atoms with Crippen LogP contribution in [0.2, 0.25) is 38.5 Å². The van der Waals surface area contributed by atoms with Crippen molar-refractivity contribution < 1.29 is 6.51 Å². The van der Waals surface area contributed by atoms with Gasteiger partial charge in [0.25, 0.3) is 0 Å². The van der Waals surface area contributed by atoms with Gasteiger partial charge in [-0.25, -0.2) is 0 Å². The van der Waals surface area contributed by atoms with E-state index in [1.165, 1.54) is 64.2 Å². The van der Waals surface area contributed by atoms with Gasteiger partial charge in [-0.1, -0.05) is 0 Å². The fourth-order valence-electron chi connectivity index (χ4n) is 21.6. The normalized spacial score (nSPS) is 72.1. The van der Waals surface area contributed by atoms with Crippen LogP contribution >= 0.6 is 15.8 Å². The van der Waals surface area contributed by atoms with Gasteiger partial charge in [-0.15, -0.1) is 0 Å². The molecule has 0 saturated carbocycles. The first-order valence-electron chi connectivity index (χ1n) is 14.7. The molecule has 10 aliphatic rings. The van der Waals surface area contributed by atoms with E-state index in [2.05, 4.69) is 83.1 Å². The van der Waals surface area contributed by atoms with Gasteiger partial charge >= 0.3 is 198 Å². The third-order valence-electron chi connectivity index (χ3n) is 21.2. The molecule has 33 heavy (non-hydrogen) atoms. The van der Waals surface area contributed by atoms with Crippen LogP contribution < -0.4 is 0 Å². The van der Waals surface area contributed by atoms with Crippen LogP contribution in [0.4, 0.5) is 0 Å². The maximum atomic E-state index is 2.77. The second-order valence-corrected chi connectivity index (χ2v) is 50.7. The van der Waals surface area contributed by atoms with Gasteiger partial charge in [-0.05, 0) is 0 Å². The van der Waals surface area contributed by atoms with Gasteiger partial charge in [0.05, 0.1) is 0 Å². The Kier molecular flexibility index (Phi) is 1.59. The molecule has 0 amide bonds. The van der Waals surface area contributed by atoms with Crippen LogP contribution in [0.5, 0.6) is 0 Å². The van der Waals surface area contributed by atoms with Crippen LogP contribution in [-0.2, 0) is 6.51 Å². The topological polar surface area (TPSA) is 0 Å². The Morgan fingerprint density at radius 3 is 0.848 bits per heavy atom. The van der Waals surface area contributed by atoms with Crippen molar-refractivity contribution in [2.75, 3.05) is 0 Å². The van der Waals surface area contributed by atoms with E-state index in [0.717, 1.165) is 8.11 Å². The van der Waals surface area contributed by atoms with Gasteiger partial charge in [0.2, 0.25) is 0 Å². The minimum atomic E-state index is -3.58. The van der Waals surface area contributed by atoms with Crippen LogP contribution in [0.1, 0.15) is 109 Å². The number of fused-ring (bicyclic) bond motifs is 10. The summed E-state index contributed by atoms with van der Waals surface area (Å²) in [6.45, 7) is 28.8. The molecule has 0 aliphatic carbocycles. The molecule has 8 atom stereocenters. The van der Waals surface area contributed by atoms with Crippen LogP contribution in [-0.4, -0.2) is 28.7 Å². The zero-order valence-corrected chi connectivity index (χ0v) is 26.6. The summed E-state index contributed by atoms with van der Waals surface area (Å²) >= 11 is 0. The molecule has 0 aromatic rings. The standard InChI is InChI=1S/2C15H26P.Fe/c2*1-7-14(3,4)16(15(5,6)8-2)13-11-9-10-12-13;/h2*9-12H,7-8H2,1-6H3;. The molecule has 8 unspecified atom stereocenters. The minimum absolute atomic E-state index is 0.109. The van der Waals surface area contributed by atoms with E-state index in [1.807, 2.05) is 0 Å². The van der Waals surface area contributed by atoms with Crippen molar-refractivity contribution in [3.8, 4) is 0 Å². The Balaban J connectivity index is 1.29. The fourth-order valence-corrected chi connectivity index (χ4v) is 133. The maximum absolute atomic E-state index is 3.58. The fraction of sp³-hybridized carbons (Fsp3) is 1.00. The third-order valence-corrected chi connectivity index (χ3v) is 80.7. The van der Waals surface area contributed by atoms with Crippen molar-refractivity contribution in [2.45, 2.75) is 176 Å². The summed E-state index contributed by atoms with van der Waals surface area (Å²) in [6, 6.07) is 0. The van der Waals surface area contributed by atoms with Crippen molar-refractivity contribution in [1.82, 2.24) is 0 Å². The molecule has 0 aromatic carbocycles. The summed E-state index contributed by atoms with van der Waals surface area (Å²) < 4.78 is 2.08. The van der Waals surface area contributed by atoms with Gasteiger partial charge in [0.1, 0.15) is 0 Å². The Morgan fingerprint density at radius 1 is 0.485 bits per heavy atom. The van der Waals surface area contributed by atoms with Gasteiger partial charge in [0, 0.05) is 0 Å². The average Bonchev–Trinajstić information content (AvgIpc) is 3.69. The van der Waals surface area contributed by atoms with Crippen LogP contribution in [0.3, 0.4) is 0 Å². The molecule has 0 bridgehead atoms. The average molecular weight is 531 g/mol. The molecule has 1 spiro atoms. The molecule has 0 nitrogen and oxygen atoms in total. The van der Waals surface area contributed by atoms with Gasteiger partial charge in [-0.3, -0.25) is 0 Å². The molecule has 10 rings (SSSR count). The summed E-state index contributed by atoms with van der Waals surface area (Å²) in [5, 5.41) is 2.38. The Hall–Kier alpha value is 1.38. The quantitative estimate of drug-likeness (QED) is 0.195. The van der Waals surface area contributed by atoms with E-state index in [-0.39, 0.29) is 15.8 Å². The molecule has 3 heteroatoms. The van der Waals surface area contributed by atoms with Crippen molar-refractivity contribution in [1.29, 1.82) is 0 Å². The molecular weight excluding hydrogens is 478 g/mol. The Bertz CT molecular complexity index is 1300. The summed E-state index contributed by atoms with van der Waals surface area (Å²) in [5.74, 6) is 0. The van der Waals surface area contributed by atoms with Crippen LogP contribution in [0.15, 0.2) is 0 Å². The van der Waals surface area contributed by atoms with Crippen LogP contribution in [0, 0.1) is 0 Å². The first-order valence-corrected chi connectivity index (χ1v) is 23.6. The third kappa shape index (κ3) is 0.433. The summed E-state index contributed by atoms with van der Waals surface area (Å²) in [5.41, 5.74) is 0. The van der Waals surface area contributed by atoms with E-state index >= 15 is 0 Å². The number of rotatable bonds is 10. The van der Waals surface area contributed by atoms with Crippen LogP contribution in [0.25, 0.3) is 0 Å². The van der Waals surface area contributed by atoms with Gasteiger partial charge < -0.3 is 0 Å². The molecule has 0 radical (unpaired) electrons. The van der Waals surface area contributed by atoms with E-state index in [1.54, 1.807) is 0 Å². The zero-order chi connectivity index (χ0) is 23.9. The molecule has 10 fully saturated rings. The SMILES string of the molecule is CCC(C)(C)P(C(C)(C)CC)[C]12[CH]3[CH]4[CH]5[CH]1[Fe]45321678[CH]2[CH]1[CH]6[C]7(P(C(C)(C)CC)C(C)(C)CC)[CH]28. The van der Waals surface area contributed by atoms with Crippen molar-refractivity contribution >= 4 is 15.8 Å². The van der Waals surface area contributed by atoms with Crippen molar-refractivity contribution in [3.63, 3.8) is 0 Å². The second kappa shape index (κ2) is 2.58. The molecule has 10 saturated heterocycles. The van der Waals surface area contributed by atoms with Crippen molar-refractivity contribution in [2.24, 2.45) is 0 Å². The number of hydrogen-bond acceptors (Lipinski definition) is 0. The molecule has 10 heterocycles.